The minimum absolute atomic E-state index is 0.129. The Morgan fingerprint density at radius 3 is 1.03 bits per heavy atom. The van der Waals surface area contributed by atoms with Gasteiger partial charge >= 0.3 is 0 Å². The first-order chi connectivity index (χ1) is 47.2. The molecule has 0 aliphatic heterocycles. The van der Waals surface area contributed by atoms with Crippen LogP contribution in [0.2, 0.25) is 10.0 Å². The fraction of sp³-hybridized carbons (Fsp3) is 0.130. The molecule has 9 rings (SSSR count). The molecule has 0 aliphatic carbocycles. The molecule has 3 heterocycles. The van der Waals surface area contributed by atoms with Crippen molar-refractivity contribution in [2.24, 2.45) is 4.99 Å². The standard InChI is InChI=1S/C23H21Br2N5O3.2C23H21BrClN5O3/c1-30(2)21(26)13-4-6-14(7-5-13)22(31)29-20-17(10-16(25)11-18(20)33-3)23(32)28-19-9-8-15(24)12-27-19;1-30(2)21(26)13-4-6-14(7-5-13)22(31)29-20-17(10-15(24)11-18(20)33-3)23(32)28-19-9-8-16(25)12-27-19;1-26-21(27-2)13-4-6-14(7-5-13)22(31)30-20-17(10-16(25)11-18(20)33-3)23(32)29-19-9-8-15(24)12-28-19/h2*4-12,26H,1-3H3,(H,29,31)(H,27,28,32);4-12H,1-3H3,(H,26,27)(H,30,31)(H,28,29,32). The highest BCUT2D eigenvalue weighted by Crippen LogP contribution is 2.37. The molecule has 0 bridgehead atoms. The molecule has 24 nitrogen and oxygen atoms in total. The fourth-order valence-electron chi connectivity index (χ4n) is 8.85. The number of aliphatic imine (C=N–C) groups is 1. The van der Waals surface area contributed by atoms with Crippen molar-refractivity contribution >= 4 is 174 Å². The van der Waals surface area contributed by atoms with Gasteiger partial charge in [0.1, 0.15) is 52.2 Å². The Labute approximate surface area is 613 Å². The first-order valence-corrected chi connectivity index (χ1v) is 33.0. The zero-order valence-corrected chi connectivity index (χ0v) is 62.1. The van der Waals surface area contributed by atoms with Crippen molar-refractivity contribution in [1.82, 2.24) is 30.1 Å². The number of carbonyl (C=O) groups excluding carboxylic acids is 6. The van der Waals surface area contributed by atoms with Gasteiger partial charge in [-0.3, -0.25) is 44.6 Å². The smallest absolute Gasteiger partial charge is 0.259 e. The molecule has 0 spiro atoms. The summed E-state index contributed by atoms with van der Waals surface area (Å²) in [6.07, 6.45) is 4.55. The summed E-state index contributed by atoms with van der Waals surface area (Å²) in [5.74, 6) is 0.491. The van der Waals surface area contributed by atoms with Gasteiger partial charge in [0.15, 0.2) is 0 Å². The summed E-state index contributed by atoms with van der Waals surface area (Å²) in [6, 6.07) is 39.6. The number of anilines is 6. The van der Waals surface area contributed by atoms with Crippen LogP contribution in [-0.4, -0.2) is 141 Å². The number of benzene rings is 6. The van der Waals surface area contributed by atoms with Gasteiger partial charge in [-0.1, -0.05) is 91.5 Å². The Bertz CT molecular complexity index is 4310. The Hall–Kier alpha value is -10.1. The molecule has 0 unspecified atom stereocenters. The molecule has 0 atom stereocenters. The van der Waals surface area contributed by atoms with Crippen LogP contribution in [0.3, 0.4) is 0 Å². The number of halogens is 6. The minimum Gasteiger partial charge on any atom is -0.495 e. The summed E-state index contributed by atoms with van der Waals surface area (Å²) < 4.78 is 19.0. The first-order valence-electron chi connectivity index (χ1n) is 29.1. The number of nitrogens with zero attached hydrogens (tertiary/aromatic N) is 6. The number of rotatable bonds is 18. The molecule has 6 aromatic carbocycles. The summed E-state index contributed by atoms with van der Waals surface area (Å²) in [7, 11) is 14.9. The van der Waals surface area contributed by atoms with Crippen molar-refractivity contribution in [3.05, 3.63) is 242 Å². The van der Waals surface area contributed by atoms with Crippen molar-refractivity contribution in [3.8, 4) is 17.2 Å². The van der Waals surface area contributed by atoms with E-state index in [2.05, 4.69) is 121 Å². The van der Waals surface area contributed by atoms with Crippen molar-refractivity contribution < 1.29 is 43.0 Å². The first kappa shape index (κ1) is 76.3. The van der Waals surface area contributed by atoms with Crippen LogP contribution in [-0.2, 0) is 0 Å². The number of ether oxygens (including phenoxy) is 3. The topological polar surface area (TPSA) is 320 Å². The predicted molar refractivity (Wildman–Crippen MR) is 402 cm³/mol. The van der Waals surface area contributed by atoms with Crippen LogP contribution in [0, 0.1) is 10.8 Å². The quantitative estimate of drug-likeness (QED) is 0.0285. The normalized spacial score (nSPS) is 10.6. The number of pyridine rings is 3. The number of carbonyl (C=O) groups is 6. The van der Waals surface area contributed by atoms with Gasteiger partial charge in [-0.25, -0.2) is 15.0 Å². The largest absolute Gasteiger partial charge is 0.495 e. The molecule has 6 amide bonds. The summed E-state index contributed by atoms with van der Waals surface area (Å²) in [4.78, 5) is 97.7. The molecule has 9 N–H and O–H groups in total. The van der Waals surface area contributed by atoms with E-state index in [9.17, 15) is 28.8 Å². The van der Waals surface area contributed by atoms with Crippen molar-refractivity contribution in [2.45, 2.75) is 0 Å². The lowest BCUT2D eigenvalue weighted by Crippen LogP contribution is -2.22. The van der Waals surface area contributed by atoms with Gasteiger partial charge in [0, 0.05) is 123 Å². The third kappa shape index (κ3) is 21.0. The van der Waals surface area contributed by atoms with Crippen LogP contribution in [0.4, 0.5) is 34.5 Å². The van der Waals surface area contributed by atoms with E-state index in [1.54, 1.807) is 198 Å². The van der Waals surface area contributed by atoms with E-state index in [0.717, 1.165) is 14.5 Å². The second kappa shape index (κ2) is 35.9. The molecule has 30 heteroatoms. The number of aromatic nitrogens is 3. The molecule has 9 aromatic rings. The average molecular weight is 1640 g/mol. The molecule has 0 fully saturated rings. The Morgan fingerprint density at radius 2 is 0.727 bits per heavy atom. The summed E-state index contributed by atoms with van der Waals surface area (Å²) in [6.45, 7) is 0. The third-order valence-electron chi connectivity index (χ3n) is 13.8. The maximum atomic E-state index is 13.0. The molecule has 3 aromatic heterocycles. The van der Waals surface area contributed by atoms with Crippen LogP contribution in [0.15, 0.2) is 187 Å². The van der Waals surface area contributed by atoms with E-state index < -0.39 is 35.4 Å². The minimum atomic E-state index is -0.505. The van der Waals surface area contributed by atoms with Crippen molar-refractivity contribution in [1.29, 1.82) is 10.8 Å². The number of amidine groups is 3. The number of hydrogen-bond donors (Lipinski definition) is 9. The number of hydrogen-bond acceptors (Lipinski definition) is 15. The molecule has 0 aliphatic rings. The van der Waals surface area contributed by atoms with Crippen LogP contribution in [0.5, 0.6) is 17.2 Å². The SMILES string of the molecule is CN=C(NC)c1ccc(C(=O)Nc2c(OC)cc(Cl)cc2C(=O)Nc2ccc(Br)cn2)cc1.COc1cc(Br)cc(C(=O)Nc2ccc(Br)cn2)c1NC(=O)c1ccc(C(=N)N(C)C)cc1.COc1cc(Br)cc(C(=O)Nc2ccc(Cl)cn2)c1NC(=O)c1ccc(C(=N)N(C)C)cc1. The Kier molecular flexibility index (Phi) is 27.7. The highest BCUT2D eigenvalue weighted by atomic mass is 79.9. The molecule has 0 radical (unpaired) electrons. The van der Waals surface area contributed by atoms with E-state index in [1.807, 2.05) is 0 Å². The zero-order valence-electron chi connectivity index (χ0n) is 54.2. The van der Waals surface area contributed by atoms with Gasteiger partial charge in [0.05, 0.1) is 60.1 Å². The highest BCUT2D eigenvalue weighted by molar-refractivity contribution is 9.11. The lowest BCUT2D eigenvalue weighted by atomic mass is 10.1. The van der Waals surface area contributed by atoms with Crippen LogP contribution in [0.1, 0.15) is 78.8 Å². The molecule has 0 saturated carbocycles. The monoisotopic (exact) mass is 1630 g/mol. The lowest BCUT2D eigenvalue weighted by molar-refractivity contribution is 0.101. The average Bonchev–Trinajstić information content (AvgIpc) is 0.818. The van der Waals surface area contributed by atoms with Gasteiger partial charge in [-0.15, -0.1) is 0 Å². The maximum absolute atomic E-state index is 13.0. The van der Waals surface area contributed by atoms with E-state index >= 15 is 0 Å². The third-order valence-corrected chi connectivity index (χ3v) is 16.1. The number of methoxy groups -OCH3 is 3. The zero-order chi connectivity index (χ0) is 72.2. The summed E-state index contributed by atoms with van der Waals surface area (Å²) in [5, 5.41) is 36.2. The predicted octanol–water partition coefficient (Wildman–Crippen LogP) is 14.5. The molecular weight excluding hydrogens is 1570 g/mol. The van der Waals surface area contributed by atoms with E-state index in [4.69, 9.17) is 48.2 Å². The molecule has 0 saturated heterocycles. The van der Waals surface area contributed by atoms with Crippen LogP contribution >= 0.6 is 86.9 Å². The number of amides is 6. The van der Waals surface area contributed by atoms with Gasteiger partial charge in [0.2, 0.25) is 0 Å². The second-order valence-electron chi connectivity index (χ2n) is 20.9. The maximum Gasteiger partial charge on any atom is 0.259 e. The second-order valence-corrected chi connectivity index (χ2v) is 25.5. The van der Waals surface area contributed by atoms with Crippen molar-refractivity contribution in [3.63, 3.8) is 0 Å². The summed E-state index contributed by atoms with van der Waals surface area (Å²) in [5.41, 5.74) is 4.45. The van der Waals surface area contributed by atoms with Crippen molar-refractivity contribution in [2.75, 3.05) is 95.5 Å². The van der Waals surface area contributed by atoms with Gasteiger partial charge < -0.3 is 61.2 Å². The molecule has 510 valence electrons. The van der Waals surface area contributed by atoms with Crippen LogP contribution in [0.25, 0.3) is 0 Å². The fourth-order valence-corrected chi connectivity index (χ4v) is 10.5. The number of nitrogens with one attached hydrogen (secondary N) is 9. The lowest BCUT2D eigenvalue weighted by Gasteiger charge is -2.16. The van der Waals surface area contributed by atoms with E-state index in [0.29, 0.717) is 88.2 Å². The Morgan fingerprint density at radius 1 is 0.404 bits per heavy atom. The van der Waals surface area contributed by atoms with Gasteiger partial charge in [0.25, 0.3) is 35.4 Å². The van der Waals surface area contributed by atoms with Gasteiger partial charge in [-0.2, -0.15) is 0 Å². The highest BCUT2D eigenvalue weighted by Gasteiger charge is 2.25. The van der Waals surface area contributed by atoms with Crippen LogP contribution < -0.4 is 51.4 Å². The summed E-state index contributed by atoms with van der Waals surface area (Å²) >= 11 is 25.4. The van der Waals surface area contributed by atoms with E-state index in [1.165, 1.54) is 39.7 Å². The van der Waals surface area contributed by atoms with Gasteiger partial charge in [-0.05, 0) is 135 Å². The molecular formula is C69H63Br4Cl2N15O9. The van der Waals surface area contributed by atoms with E-state index in [-0.39, 0.29) is 44.5 Å². The Balaban J connectivity index is 0.000000209. The molecule has 99 heavy (non-hydrogen) atoms.